The van der Waals surface area contributed by atoms with Crippen molar-refractivity contribution in [3.8, 4) is 17.9 Å². The predicted molar refractivity (Wildman–Crippen MR) is 94.8 cm³/mol. The fraction of sp³-hybridized carbons (Fsp3) is 0.579. The number of ether oxygens (including phenoxy) is 1. The van der Waals surface area contributed by atoms with Crippen LogP contribution < -0.4 is 4.74 Å². The van der Waals surface area contributed by atoms with Gasteiger partial charge in [0.25, 0.3) is 0 Å². The molecule has 1 aromatic carbocycles. The van der Waals surface area contributed by atoms with Gasteiger partial charge in [0.1, 0.15) is 18.5 Å². The van der Waals surface area contributed by atoms with Crippen molar-refractivity contribution in [2.75, 3.05) is 45.9 Å². The zero-order valence-corrected chi connectivity index (χ0v) is 14.5. The average molecular weight is 342 g/mol. The van der Waals surface area contributed by atoms with Crippen LogP contribution in [0.4, 0.5) is 0 Å². The van der Waals surface area contributed by atoms with E-state index >= 15 is 0 Å². The Morgan fingerprint density at radius 2 is 1.68 bits per heavy atom. The van der Waals surface area contributed by atoms with Crippen molar-refractivity contribution < 1.29 is 9.84 Å². The minimum atomic E-state index is -0.519. The lowest BCUT2D eigenvalue weighted by molar-refractivity contribution is 0.0442. The topological polar surface area (TPSA) is 83.5 Å². The first-order valence-electron chi connectivity index (χ1n) is 8.78. The Hall–Kier alpha value is -2.12. The molecule has 1 fully saturated rings. The number of aliphatic hydroxyl groups is 1. The normalized spacial score (nSPS) is 18.0. The van der Waals surface area contributed by atoms with Crippen LogP contribution in [-0.4, -0.2) is 66.9 Å². The van der Waals surface area contributed by atoms with Crippen LogP contribution in [0.15, 0.2) is 30.3 Å². The third-order valence-corrected chi connectivity index (χ3v) is 4.39. The van der Waals surface area contributed by atoms with Crippen LogP contribution >= 0.6 is 0 Å². The van der Waals surface area contributed by atoms with Crippen molar-refractivity contribution in [1.29, 1.82) is 10.5 Å². The Balaban J connectivity index is 1.64. The van der Waals surface area contributed by atoms with Crippen molar-refractivity contribution in [1.82, 2.24) is 9.80 Å². The number of para-hydroxylation sites is 1. The molecule has 0 aromatic heterocycles. The highest BCUT2D eigenvalue weighted by molar-refractivity contribution is 5.20. The van der Waals surface area contributed by atoms with E-state index in [0.29, 0.717) is 19.4 Å². The SMILES string of the molecule is N#CCC[C@H](C#N)CN1CCN(C[C@H](O)COc2ccccc2)CC1. The zero-order valence-electron chi connectivity index (χ0n) is 14.5. The Labute approximate surface area is 149 Å². The van der Waals surface area contributed by atoms with E-state index in [0.717, 1.165) is 38.5 Å². The average Bonchev–Trinajstić information content (AvgIpc) is 2.65. The number of β-amino-alcohol motifs (C(OH)–C–C–N with tert-alkyl or cyclic N) is 1. The third-order valence-electron chi connectivity index (χ3n) is 4.39. The Bertz CT molecular complexity index is 573. The summed E-state index contributed by atoms with van der Waals surface area (Å²) in [6, 6.07) is 13.9. The number of piperazine rings is 1. The summed E-state index contributed by atoms with van der Waals surface area (Å²) in [5, 5.41) is 28.0. The maximum Gasteiger partial charge on any atom is 0.119 e. The van der Waals surface area contributed by atoms with Gasteiger partial charge in [0.2, 0.25) is 0 Å². The number of hydrogen-bond acceptors (Lipinski definition) is 6. The van der Waals surface area contributed by atoms with Gasteiger partial charge in [0.15, 0.2) is 0 Å². The standard InChI is InChI=1S/C19H26N4O2/c20-8-4-5-17(13-21)14-22-9-11-23(12-10-22)15-18(24)16-25-19-6-2-1-3-7-19/h1-3,6-7,17-18,24H,4-5,9-12,14-16H2/t17-,18+/m1/s1. The second-order valence-electron chi connectivity index (χ2n) is 6.40. The number of nitriles is 2. The highest BCUT2D eigenvalue weighted by atomic mass is 16.5. The first-order chi connectivity index (χ1) is 12.2. The highest BCUT2D eigenvalue weighted by Gasteiger charge is 2.21. The van der Waals surface area contributed by atoms with Gasteiger partial charge in [-0.15, -0.1) is 0 Å². The molecule has 0 aliphatic carbocycles. The summed E-state index contributed by atoms with van der Waals surface area (Å²) in [5.41, 5.74) is 0. The van der Waals surface area contributed by atoms with E-state index in [2.05, 4.69) is 21.9 Å². The molecule has 1 N–H and O–H groups in total. The molecule has 1 aliphatic heterocycles. The molecule has 0 saturated carbocycles. The summed E-state index contributed by atoms with van der Waals surface area (Å²) >= 11 is 0. The van der Waals surface area contributed by atoms with Crippen molar-refractivity contribution in [3.05, 3.63) is 30.3 Å². The van der Waals surface area contributed by atoms with E-state index in [4.69, 9.17) is 15.3 Å². The van der Waals surface area contributed by atoms with E-state index in [1.807, 2.05) is 30.3 Å². The first-order valence-corrected chi connectivity index (χ1v) is 8.78. The molecule has 0 bridgehead atoms. The molecule has 0 radical (unpaired) electrons. The van der Waals surface area contributed by atoms with Gasteiger partial charge in [-0.2, -0.15) is 10.5 Å². The molecule has 1 aliphatic rings. The van der Waals surface area contributed by atoms with E-state index < -0.39 is 6.10 Å². The van der Waals surface area contributed by atoms with Crippen LogP contribution in [0.25, 0.3) is 0 Å². The second kappa shape index (κ2) is 10.7. The maximum absolute atomic E-state index is 10.2. The minimum Gasteiger partial charge on any atom is -0.491 e. The summed E-state index contributed by atoms with van der Waals surface area (Å²) in [6.07, 6.45) is 0.559. The van der Waals surface area contributed by atoms with Crippen molar-refractivity contribution >= 4 is 0 Å². The number of aliphatic hydroxyl groups excluding tert-OH is 1. The molecular weight excluding hydrogens is 316 g/mol. The zero-order chi connectivity index (χ0) is 17.9. The predicted octanol–water partition coefficient (Wildman–Crippen LogP) is 1.49. The molecule has 1 saturated heterocycles. The molecule has 134 valence electrons. The van der Waals surface area contributed by atoms with E-state index in [1.165, 1.54) is 0 Å². The Morgan fingerprint density at radius 3 is 2.28 bits per heavy atom. The number of rotatable bonds is 9. The van der Waals surface area contributed by atoms with Crippen LogP contribution in [0.3, 0.4) is 0 Å². The van der Waals surface area contributed by atoms with Crippen molar-refractivity contribution in [2.45, 2.75) is 18.9 Å². The lowest BCUT2D eigenvalue weighted by Gasteiger charge is -2.36. The Morgan fingerprint density at radius 1 is 1.04 bits per heavy atom. The molecule has 6 nitrogen and oxygen atoms in total. The van der Waals surface area contributed by atoms with Gasteiger partial charge in [-0.3, -0.25) is 9.80 Å². The molecule has 0 amide bonds. The maximum atomic E-state index is 10.2. The van der Waals surface area contributed by atoms with Gasteiger partial charge < -0.3 is 9.84 Å². The molecule has 1 heterocycles. The molecule has 2 atom stereocenters. The fourth-order valence-electron chi connectivity index (χ4n) is 2.96. The van der Waals surface area contributed by atoms with Gasteiger partial charge in [-0.1, -0.05) is 18.2 Å². The third kappa shape index (κ3) is 7.11. The van der Waals surface area contributed by atoms with Crippen LogP contribution in [0.5, 0.6) is 5.75 Å². The summed E-state index contributed by atoms with van der Waals surface area (Å²) in [7, 11) is 0. The first kappa shape index (κ1) is 19.2. The van der Waals surface area contributed by atoms with Gasteiger partial charge in [-0.05, 0) is 18.6 Å². The van der Waals surface area contributed by atoms with E-state index in [-0.39, 0.29) is 12.5 Å². The van der Waals surface area contributed by atoms with Crippen LogP contribution in [0.1, 0.15) is 12.8 Å². The fourth-order valence-corrected chi connectivity index (χ4v) is 2.96. The van der Waals surface area contributed by atoms with E-state index in [9.17, 15) is 5.11 Å². The summed E-state index contributed by atoms with van der Waals surface area (Å²) < 4.78 is 5.59. The number of benzene rings is 1. The van der Waals surface area contributed by atoms with Gasteiger partial charge in [-0.25, -0.2) is 0 Å². The van der Waals surface area contributed by atoms with Crippen molar-refractivity contribution in [2.24, 2.45) is 5.92 Å². The summed E-state index contributed by atoms with van der Waals surface area (Å²) in [4.78, 5) is 4.50. The highest BCUT2D eigenvalue weighted by Crippen LogP contribution is 2.12. The van der Waals surface area contributed by atoms with Crippen LogP contribution in [0, 0.1) is 28.6 Å². The molecule has 2 rings (SSSR count). The lowest BCUT2D eigenvalue weighted by atomic mass is 10.0. The molecule has 25 heavy (non-hydrogen) atoms. The molecule has 0 spiro atoms. The van der Waals surface area contributed by atoms with Crippen LogP contribution in [0.2, 0.25) is 0 Å². The quantitative estimate of drug-likeness (QED) is 0.732. The van der Waals surface area contributed by atoms with Gasteiger partial charge in [0, 0.05) is 45.7 Å². The molecular formula is C19H26N4O2. The number of nitrogens with zero attached hydrogens (tertiary/aromatic N) is 4. The van der Waals surface area contributed by atoms with Crippen LogP contribution in [-0.2, 0) is 0 Å². The molecule has 1 aromatic rings. The molecule has 0 unspecified atom stereocenters. The molecule has 6 heteroatoms. The van der Waals surface area contributed by atoms with Gasteiger partial charge in [0.05, 0.1) is 18.1 Å². The smallest absolute Gasteiger partial charge is 0.119 e. The van der Waals surface area contributed by atoms with E-state index in [1.54, 1.807) is 0 Å². The largest absolute Gasteiger partial charge is 0.491 e. The summed E-state index contributed by atoms with van der Waals surface area (Å²) in [6.45, 7) is 5.13. The summed E-state index contributed by atoms with van der Waals surface area (Å²) in [5.74, 6) is 0.697. The number of hydrogen-bond donors (Lipinski definition) is 1. The van der Waals surface area contributed by atoms with Gasteiger partial charge >= 0.3 is 0 Å². The second-order valence-corrected chi connectivity index (χ2v) is 6.40. The lowest BCUT2D eigenvalue weighted by Crippen LogP contribution is -2.50. The Kier molecular flexibility index (Phi) is 8.21. The monoisotopic (exact) mass is 342 g/mol. The van der Waals surface area contributed by atoms with Crippen molar-refractivity contribution in [3.63, 3.8) is 0 Å². The minimum absolute atomic E-state index is 0.0731.